The summed E-state index contributed by atoms with van der Waals surface area (Å²) in [4.78, 5) is 21.4. The van der Waals surface area contributed by atoms with Gasteiger partial charge in [0.1, 0.15) is 0 Å². The summed E-state index contributed by atoms with van der Waals surface area (Å²) < 4.78 is 0. The molecule has 1 saturated heterocycles. The van der Waals surface area contributed by atoms with Gasteiger partial charge in [-0.05, 0) is 51.1 Å². The molecule has 1 aliphatic carbocycles. The van der Waals surface area contributed by atoms with Gasteiger partial charge in [-0.1, -0.05) is 25.0 Å². The molecule has 0 radical (unpaired) electrons. The summed E-state index contributed by atoms with van der Waals surface area (Å²) in [7, 11) is 5.81. The van der Waals surface area contributed by atoms with Crippen molar-refractivity contribution >= 4 is 35.8 Å². The Bertz CT molecular complexity index is 720. The van der Waals surface area contributed by atoms with Gasteiger partial charge in [0.05, 0.1) is 0 Å². The van der Waals surface area contributed by atoms with Crippen molar-refractivity contribution < 1.29 is 4.79 Å². The Labute approximate surface area is 204 Å². The summed E-state index contributed by atoms with van der Waals surface area (Å²) >= 11 is 0. The lowest BCUT2D eigenvalue weighted by molar-refractivity contribution is 0.0951. The minimum Gasteiger partial charge on any atom is -0.352 e. The standard InChI is InChI=1S/C23H38N6O.HI/c1-24-23(27-20-11-13-29(17-20)21-9-4-5-10-21)26-16-18-7-6-8-19(15-18)22(30)25-12-14-28(2)3;/h6-8,15,20-21H,4-5,9-14,16-17H2,1-3H3,(H,25,30)(H2,24,26,27);1H. The van der Waals surface area contributed by atoms with Crippen LogP contribution in [0.3, 0.4) is 0 Å². The van der Waals surface area contributed by atoms with Gasteiger partial charge in [0, 0.05) is 57.4 Å². The zero-order chi connectivity index (χ0) is 21.3. The van der Waals surface area contributed by atoms with Gasteiger partial charge < -0.3 is 20.9 Å². The fourth-order valence-corrected chi connectivity index (χ4v) is 4.40. The van der Waals surface area contributed by atoms with E-state index in [0.29, 0.717) is 24.7 Å². The molecule has 0 bridgehead atoms. The van der Waals surface area contributed by atoms with Crippen LogP contribution in [0.1, 0.15) is 48.0 Å². The number of likely N-dealkylation sites (N-methyl/N-ethyl adjacent to an activating group) is 1. The third-order valence-corrected chi connectivity index (χ3v) is 6.12. The third kappa shape index (κ3) is 8.23. The smallest absolute Gasteiger partial charge is 0.251 e. The number of aliphatic imine (C=N–C) groups is 1. The molecule has 0 spiro atoms. The molecule has 1 heterocycles. The highest BCUT2D eigenvalue weighted by Gasteiger charge is 2.30. The van der Waals surface area contributed by atoms with Crippen LogP contribution < -0.4 is 16.0 Å². The Morgan fingerprint density at radius 1 is 1.19 bits per heavy atom. The highest BCUT2D eigenvalue weighted by molar-refractivity contribution is 14.0. The van der Waals surface area contributed by atoms with E-state index in [2.05, 4.69) is 30.7 Å². The molecule has 174 valence electrons. The number of amides is 1. The van der Waals surface area contributed by atoms with Crippen molar-refractivity contribution in [3.8, 4) is 0 Å². The Balaban J connectivity index is 0.00000341. The maximum absolute atomic E-state index is 12.4. The minimum absolute atomic E-state index is 0. The lowest BCUT2D eigenvalue weighted by Crippen LogP contribution is -2.45. The number of halogens is 1. The molecule has 1 saturated carbocycles. The molecule has 2 fully saturated rings. The van der Waals surface area contributed by atoms with E-state index in [9.17, 15) is 4.79 Å². The van der Waals surface area contributed by atoms with Gasteiger partial charge in [-0.25, -0.2) is 0 Å². The molecule has 1 unspecified atom stereocenters. The Kier molecular flexibility index (Phi) is 11.0. The van der Waals surface area contributed by atoms with Crippen LogP contribution in [0, 0.1) is 0 Å². The van der Waals surface area contributed by atoms with E-state index >= 15 is 0 Å². The summed E-state index contributed by atoms with van der Waals surface area (Å²) in [6, 6.07) is 9.02. The fraction of sp³-hybridized carbons (Fsp3) is 0.652. The number of likely N-dealkylation sites (tertiary alicyclic amines) is 1. The van der Waals surface area contributed by atoms with Crippen LogP contribution in [0.25, 0.3) is 0 Å². The normalized spacial score (nSPS) is 20.0. The molecular weight excluding hydrogens is 503 g/mol. The van der Waals surface area contributed by atoms with Crippen LogP contribution in [-0.4, -0.2) is 81.1 Å². The highest BCUT2D eigenvalue weighted by atomic mass is 127. The average molecular weight is 543 g/mol. The first-order valence-electron chi connectivity index (χ1n) is 11.3. The first-order valence-corrected chi connectivity index (χ1v) is 11.3. The molecule has 31 heavy (non-hydrogen) atoms. The molecule has 1 amide bonds. The van der Waals surface area contributed by atoms with Crippen molar-refractivity contribution in [2.45, 2.75) is 50.7 Å². The maximum Gasteiger partial charge on any atom is 0.251 e. The second-order valence-corrected chi connectivity index (χ2v) is 8.75. The van der Waals surface area contributed by atoms with Crippen molar-refractivity contribution in [3.05, 3.63) is 35.4 Å². The van der Waals surface area contributed by atoms with E-state index in [4.69, 9.17) is 0 Å². The van der Waals surface area contributed by atoms with Crippen molar-refractivity contribution in [1.82, 2.24) is 25.8 Å². The molecule has 1 aliphatic heterocycles. The highest BCUT2D eigenvalue weighted by Crippen LogP contribution is 2.26. The minimum atomic E-state index is -0.0285. The Morgan fingerprint density at radius 3 is 2.68 bits per heavy atom. The quantitative estimate of drug-likeness (QED) is 0.267. The van der Waals surface area contributed by atoms with Crippen molar-refractivity contribution in [2.75, 3.05) is 47.3 Å². The lowest BCUT2D eigenvalue weighted by Gasteiger charge is -2.24. The maximum atomic E-state index is 12.4. The monoisotopic (exact) mass is 542 g/mol. The van der Waals surface area contributed by atoms with E-state index in [-0.39, 0.29) is 29.9 Å². The SMILES string of the molecule is CN=C(NCc1cccc(C(=O)NCCN(C)C)c1)NC1CCN(C2CCCC2)C1.I. The van der Waals surface area contributed by atoms with Crippen LogP contribution in [0.2, 0.25) is 0 Å². The summed E-state index contributed by atoms with van der Waals surface area (Å²) in [6.07, 6.45) is 6.65. The van der Waals surface area contributed by atoms with Crippen LogP contribution in [0.5, 0.6) is 0 Å². The number of hydrogen-bond donors (Lipinski definition) is 3. The molecule has 3 N–H and O–H groups in total. The van der Waals surface area contributed by atoms with E-state index in [1.807, 2.05) is 45.4 Å². The number of nitrogens with one attached hydrogen (secondary N) is 3. The van der Waals surface area contributed by atoms with E-state index in [1.165, 1.54) is 38.6 Å². The van der Waals surface area contributed by atoms with Crippen molar-refractivity contribution in [3.63, 3.8) is 0 Å². The molecule has 1 aromatic carbocycles. The van der Waals surface area contributed by atoms with E-state index in [1.54, 1.807) is 0 Å². The third-order valence-electron chi connectivity index (χ3n) is 6.12. The summed E-state index contributed by atoms with van der Waals surface area (Å²) in [5.41, 5.74) is 1.76. The summed E-state index contributed by atoms with van der Waals surface area (Å²) in [5.74, 6) is 0.799. The molecule has 2 aliphatic rings. The Hall–Kier alpha value is -1.39. The first kappa shape index (κ1) is 25.9. The molecule has 3 rings (SSSR count). The zero-order valence-corrected chi connectivity index (χ0v) is 21.5. The molecular formula is C23H39IN6O. The molecule has 7 nitrogen and oxygen atoms in total. The van der Waals surface area contributed by atoms with Gasteiger partial charge >= 0.3 is 0 Å². The fourth-order valence-electron chi connectivity index (χ4n) is 4.40. The second-order valence-electron chi connectivity index (χ2n) is 8.75. The number of benzene rings is 1. The molecule has 8 heteroatoms. The second kappa shape index (κ2) is 13.2. The Morgan fingerprint density at radius 2 is 1.97 bits per heavy atom. The van der Waals surface area contributed by atoms with E-state index in [0.717, 1.165) is 30.7 Å². The number of rotatable bonds is 8. The van der Waals surface area contributed by atoms with Crippen molar-refractivity contribution in [2.24, 2.45) is 4.99 Å². The topological polar surface area (TPSA) is 72.0 Å². The lowest BCUT2D eigenvalue weighted by atomic mass is 10.1. The largest absolute Gasteiger partial charge is 0.352 e. The molecule has 1 atom stereocenters. The summed E-state index contributed by atoms with van der Waals surface area (Å²) in [5, 5.41) is 9.95. The predicted octanol–water partition coefficient (Wildman–Crippen LogP) is 2.28. The van der Waals surface area contributed by atoms with Crippen LogP contribution >= 0.6 is 24.0 Å². The number of guanidine groups is 1. The molecule has 0 aromatic heterocycles. The number of nitrogens with zero attached hydrogens (tertiary/aromatic N) is 3. The number of carbonyl (C=O) groups excluding carboxylic acids is 1. The summed E-state index contributed by atoms with van der Waals surface area (Å²) in [6.45, 7) is 4.40. The van der Waals surface area contributed by atoms with Crippen LogP contribution in [0.4, 0.5) is 0 Å². The average Bonchev–Trinajstić information content (AvgIpc) is 3.42. The number of carbonyl (C=O) groups is 1. The zero-order valence-electron chi connectivity index (χ0n) is 19.2. The van der Waals surface area contributed by atoms with E-state index < -0.39 is 0 Å². The van der Waals surface area contributed by atoms with Gasteiger partial charge in [0.15, 0.2) is 5.96 Å². The van der Waals surface area contributed by atoms with Gasteiger partial charge in [-0.15, -0.1) is 24.0 Å². The van der Waals surface area contributed by atoms with Gasteiger partial charge in [-0.2, -0.15) is 0 Å². The van der Waals surface area contributed by atoms with Crippen LogP contribution in [-0.2, 0) is 6.54 Å². The van der Waals surface area contributed by atoms with Gasteiger partial charge in [-0.3, -0.25) is 14.7 Å². The van der Waals surface area contributed by atoms with Crippen molar-refractivity contribution in [1.29, 1.82) is 0 Å². The van der Waals surface area contributed by atoms with Gasteiger partial charge in [0.2, 0.25) is 0 Å². The first-order chi connectivity index (χ1) is 14.5. The number of hydrogen-bond acceptors (Lipinski definition) is 4. The molecule has 1 aromatic rings. The predicted molar refractivity (Wildman–Crippen MR) is 138 cm³/mol. The van der Waals surface area contributed by atoms with Crippen LogP contribution in [0.15, 0.2) is 29.3 Å². The van der Waals surface area contributed by atoms with Gasteiger partial charge in [0.25, 0.3) is 5.91 Å².